The van der Waals surface area contributed by atoms with Gasteiger partial charge in [-0.3, -0.25) is 0 Å². The number of aromatic nitrogens is 3. The van der Waals surface area contributed by atoms with Gasteiger partial charge in [-0.1, -0.05) is 51.1 Å². The first-order chi connectivity index (χ1) is 10.3. The number of fused-ring (bicyclic) bond motifs is 1. The number of nitrogens with zero attached hydrogens (tertiary/aromatic N) is 3. The van der Waals surface area contributed by atoms with Gasteiger partial charge in [0.25, 0.3) is 0 Å². The van der Waals surface area contributed by atoms with Gasteiger partial charge in [0, 0.05) is 10.6 Å². The fraction of sp³-hybridized carbons (Fsp3) is 0.294. The Hall–Kier alpha value is -2.07. The van der Waals surface area contributed by atoms with Crippen LogP contribution in [0.5, 0.6) is 0 Å². The highest BCUT2D eigenvalue weighted by Gasteiger charge is 2.22. The van der Waals surface area contributed by atoms with E-state index in [1.54, 1.807) is 30.4 Å². The van der Waals surface area contributed by atoms with Crippen LogP contribution >= 0.6 is 11.6 Å². The topological polar surface area (TPSA) is 50.9 Å². The predicted octanol–water partition coefficient (Wildman–Crippen LogP) is 4.99. The molecule has 1 aromatic carbocycles. The van der Waals surface area contributed by atoms with Gasteiger partial charge in [0.2, 0.25) is 0 Å². The smallest absolute Gasteiger partial charge is 0.146 e. The predicted molar refractivity (Wildman–Crippen MR) is 91.8 cm³/mol. The minimum absolute atomic E-state index is 0.122. The summed E-state index contributed by atoms with van der Waals surface area (Å²) in [5, 5.41) is 20.0. The Balaban J connectivity index is 2.60. The lowest BCUT2D eigenvalue weighted by Gasteiger charge is -2.22. The summed E-state index contributed by atoms with van der Waals surface area (Å²) in [6, 6.07) is 5.30. The summed E-state index contributed by atoms with van der Waals surface area (Å²) in [5.74, 6) is 0.122. The summed E-state index contributed by atoms with van der Waals surface area (Å²) in [6.07, 6.45) is 3.43. The van der Waals surface area contributed by atoms with E-state index in [1.807, 2.05) is 27.7 Å². The molecule has 2 rings (SSSR count). The zero-order valence-corrected chi connectivity index (χ0v) is 14.0. The molecule has 0 saturated carbocycles. The lowest BCUT2D eigenvalue weighted by Crippen LogP contribution is -2.14. The van der Waals surface area contributed by atoms with Crippen molar-refractivity contribution in [3.8, 4) is 0 Å². The summed E-state index contributed by atoms with van der Waals surface area (Å²) in [7, 11) is 0. The molecule has 0 atom stereocenters. The fourth-order valence-corrected chi connectivity index (χ4v) is 2.40. The van der Waals surface area contributed by atoms with Crippen molar-refractivity contribution in [2.45, 2.75) is 27.7 Å². The summed E-state index contributed by atoms with van der Waals surface area (Å²) >= 11 is 5.97. The van der Waals surface area contributed by atoms with Crippen molar-refractivity contribution in [2.75, 3.05) is 0 Å². The highest BCUT2D eigenvalue weighted by Crippen LogP contribution is 2.31. The molecule has 0 radical (unpaired) electrons. The van der Waals surface area contributed by atoms with E-state index >= 15 is 0 Å². The van der Waals surface area contributed by atoms with Crippen molar-refractivity contribution in [1.82, 2.24) is 15.0 Å². The molecule has 0 unspecified atom stereocenters. The van der Waals surface area contributed by atoms with Gasteiger partial charge in [-0.15, -0.1) is 15.0 Å². The van der Waals surface area contributed by atoms with Gasteiger partial charge in [0.05, 0.1) is 0 Å². The van der Waals surface area contributed by atoms with E-state index in [1.165, 1.54) is 4.80 Å². The van der Waals surface area contributed by atoms with E-state index in [-0.39, 0.29) is 11.2 Å². The lowest BCUT2D eigenvalue weighted by atomic mass is 9.85. The third-order valence-electron chi connectivity index (χ3n) is 3.34. The van der Waals surface area contributed by atoms with Gasteiger partial charge in [-0.2, -0.15) is 0 Å². The standard InChI is InChI=1S/C17H20ClN3O/c1-6-12(17(3,4)5)16(22)15(7-2)21-19-13-9-8-11(18)10-14(13)20-21/h6-10,22H,1H2,2-5H3/b15-7+,16-12-. The van der Waals surface area contributed by atoms with E-state index in [4.69, 9.17) is 11.6 Å². The van der Waals surface area contributed by atoms with E-state index < -0.39 is 0 Å². The zero-order chi connectivity index (χ0) is 16.5. The molecule has 5 heteroatoms. The molecule has 1 aromatic heterocycles. The maximum atomic E-state index is 10.7. The van der Waals surface area contributed by atoms with Crippen molar-refractivity contribution in [1.29, 1.82) is 0 Å². The normalized spacial score (nSPS) is 14.1. The van der Waals surface area contributed by atoms with Crippen molar-refractivity contribution in [2.24, 2.45) is 5.41 Å². The molecular weight excluding hydrogens is 298 g/mol. The minimum atomic E-state index is -0.240. The SMILES string of the molecule is C=C/C(=C(O)\C(=C/C)n1nc2ccc(Cl)cc2n1)C(C)(C)C. The molecule has 0 bridgehead atoms. The lowest BCUT2D eigenvalue weighted by molar-refractivity contribution is 0.394. The summed E-state index contributed by atoms with van der Waals surface area (Å²) in [5.41, 5.74) is 2.40. The fourth-order valence-electron chi connectivity index (χ4n) is 2.24. The number of rotatable bonds is 3. The number of halogens is 1. The highest BCUT2D eigenvalue weighted by atomic mass is 35.5. The molecule has 0 aliphatic carbocycles. The van der Waals surface area contributed by atoms with Crippen LogP contribution in [0.3, 0.4) is 0 Å². The van der Waals surface area contributed by atoms with Crippen LogP contribution in [-0.2, 0) is 0 Å². The molecule has 0 fully saturated rings. The number of allylic oxidation sites excluding steroid dienone is 4. The van der Waals surface area contributed by atoms with Gasteiger partial charge >= 0.3 is 0 Å². The Morgan fingerprint density at radius 3 is 2.45 bits per heavy atom. The first-order valence-corrected chi connectivity index (χ1v) is 7.41. The summed E-state index contributed by atoms with van der Waals surface area (Å²) in [6.45, 7) is 11.7. The number of aliphatic hydroxyl groups is 1. The van der Waals surface area contributed by atoms with Gasteiger partial charge < -0.3 is 5.11 Å². The Morgan fingerprint density at radius 1 is 1.27 bits per heavy atom. The number of benzene rings is 1. The average molecular weight is 318 g/mol. The molecule has 1 heterocycles. The van der Waals surface area contributed by atoms with Crippen LogP contribution in [0.4, 0.5) is 0 Å². The zero-order valence-electron chi connectivity index (χ0n) is 13.3. The molecule has 0 aliphatic heterocycles. The maximum Gasteiger partial charge on any atom is 0.146 e. The molecular formula is C17H20ClN3O. The highest BCUT2D eigenvalue weighted by molar-refractivity contribution is 6.31. The van der Waals surface area contributed by atoms with E-state index in [0.717, 1.165) is 5.57 Å². The Bertz CT molecular complexity index is 779. The van der Waals surface area contributed by atoms with E-state index in [9.17, 15) is 5.11 Å². The van der Waals surface area contributed by atoms with Crippen molar-refractivity contribution in [3.05, 3.63) is 53.3 Å². The maximum absolute atomic E-state index is 10.7. The van der Waals surface area contributed by atoms with E-state index in [2.05, 4.69) is 16.8 Å². The van der Waals surface area contributed by atoms with Crippen molar-refractivity contribution < 1.29 is 5.11 Å². The van der Waals surface area contributed by atoms with Crippen LogP contribution in [0.15, 0.2) is 48.3 Å². The number of hydrogen-bond donors (Lipinski definition) is 1. The third-order valence-corrected chi connectivity index (χ3v) is 3.58. The van der Waals surface area contributed by atoms with E-state index in [0.29, 0.717) is 21.8 Å². The van der Waals surface area contributed by atoms with Gasteiger partial charge in [0.15, 0.2) is 0 Å². The molecule has 116 valence electrons. The van der Waals surface area contributed by atoms with Gasteiger partial charge in [0.1, 0.15) is 22.5 Å². The van der Waals surface area contributed by atoms with Crippen LogP contribution in [-0.4, -0.2) is 20.1 Å². The Morgan fingerprint density at radius 2 is 1.91 bits per heavy atom. The molecule has 0 amide bonds. The monoisotopic (exact) mass is 317 g/mol. The van der Waals surface area contributed by atoms with Gasteiger partial charge in [-0.05, 0) is 30.5 Å². The van der Waals surface area contributed by atoms with Crippen molar-refractivity contribution >= 4 is 28.3 Å². The second kappa shape index (κ2) is 5.97. The quantitative estimate of drug-likeness (QED) is 0.641. The molecule has 0 spiro atoms. The minimum Gasteiger partial charge on any atom is -0.505 e. The molecule has 0 saturated heterocycles. The molecule has 1 N–H and O–H groups in total. The third kappa shape index (κ3) is 3.07. The molecule has 4 nitrogen and oxygen atoms in total. The van der Waals surface area contributed by atoms with Crippen molar-refractivity contribution in [3.63, 3.8) is 0 Å². The van der Waals surface area contributed by atoms with Crippen LogP contribution in [0.25, 0.3) is 16.7 Å². The average Bonchev–Trinajstić information content (AvgIpc) is 2.81. The Kier molecular flexibility index (Phi) is 4.42. The first kappa shape index (κ1) is 16.3. The van der Waals surface area contributed by atoms with Crippen LogP contribution in [0, 0.1) is 5.41 Å². The first-order valence-electron chi connectivity index (χ1n) is 7.03. The second-order valence-corrected chi connectivity index (χ2v) is 6.45. The summed E-state index contributed by atoms with van der Waals surface area (Å²) < 4.78 is 0. The second-order valence-electron chi connectivity index (χ2n) is 6.01. The molecule has 22 heavy (non-hydrogen) atoms. The number of hydrogen-bond acceptors (Lipinski definition) is 3. The molecule has 0 aliphatic rings. The Labute approximate surface area is 135 Å². The molecule has 2 aromatic rings. The van der Waals surface area contributed by atoms with Crippen LogP contribution in [0.1, 0.15) is 27.7 Å². The summed E-state index contributed by atoms with van der Waals surface area (Å²) in [4.78, 5) is 1.42. The van der Waals surface area contributed by atoms with Crippen LogP contribution in [0.2, 0.25) is 5.02 Å². The number of aliphatic hydroxyl groups excluding tert-OH is 1. The van der Waals surface area contributed by atoms with Gasteiger partial charge in [-0.25, -0.2) is 0 Å². The largest absolute Gasteiger partial charge is 0.505 e. The van der Waals surface area contributed by atoms with Crippen LogP contribution < -0.4 is 0 Å².